The summed E-state index contributed by atoms with van der Waals surface area (Å²) in [5.41, 5.74) is 5.56. The van der Waals surface area contributed by atoms with Crippen LogP contribution in [0.4, 0.5) is 0 Å². The van der Waals surface area contributed by atoms with Gasteiger partial charge in [0.25, 0.3) is 0 Å². The van der Waals surface area contributed by atoms with Crippen LogP contribution in [0.1, 0.15) is 75.9 Å². The highest BCUT2D eigenvalue weighted by molar-refractivity contribution is 7.99. The fourth-order valence-corrected chi connectivity index (χ4v) is 12.3. The standard InChI is InChI=1S/C41H43N3O9S/c1-18-13-22-14-25-20(3)44-26-15-49-40(47)41(39-24(11-12-42-41)23-9-7-8-10-27(23)53-39)16-54-38(32(44)31(43(25)5)28(22)33(46)34(18)48-6)30-29(26)37-36(50-17-51-37)19(2)35(30)52-21(4)45/h7-10,13,20,25-26,31-32,38,42,46H,11-12,14-17H2,1-6H3/t20-,25-,26?,31-,32+,38+,41+/m0/s1. The lowest BCUT2D eigenvalue weighted by Gasteiger charge is -2.63. The maximum absolute atomic E-state index is 14.8. The van der Waals surface area contributed by atoms with Crippen molar-refractivity contribution in [2.45, 2.75) is 81.5 Å². The van der Waals surface area contributed by atoms with Crippen LogP contribution in [0, 0.1) is 13.8 Å². The summed E-state index contributed by atoms with van der Waals surface area (Å²) in [6.45, 7) is 8.09. The molecule has 54 heavy (non-hydrogen) atoms. The second-order valence-corrected chi connectivity index (χ2v) is 16.6. The van der Waals surface area contributed by atoms with Crippen molar-refractivity contribution in [1.29, 1.82) is 0 Å². The number of aryl methyl sites for hydroxylation is 1. The zero-order valence-corrected chi connectivity index (χ0v) is 31.9. The molecule has 2 saturated heterocycles. The van der Waals surface area contributed by atoms with E-state index in [-0.39, 0.29) is 49.1 Å². The largest absolute Gasteiger partial charge is 0.504 e. The predicted octanol–water partition coefficient (Wildman–Crippen LogP) is 5.52. The van der Waals surface area contributed by atoms with Gasteiger partial charge in [-0.2, -0.15) is 0 Å². The lowest BCUT2D eigenvalue weighted by atomic mass is 9.71. The van der Waals surface area contributed by atoms with E-state index in [0.29, 0.717) is 53.7 Å². The lowest BCUT2D eigenvalue weighted by molar-refractivity contribution is -0.159. The molecule has 2 fully saturated rings. The van der Waals surface area contributed by atoms with Crippen molar-refractivity contribution in [2.24, 2.45) is 0 Å². The van der Waals surface area contributed by atoms with Gasteiger partial charge in [0.05, 0.1) is 24.4 Å². The van der Waals surface area contributed by atoms with E-state index < -0.39 is 28.8 Å². The highest BCUT2D eigenvalue weighted by Gasteiger charge is 2.61. The molecule has 2 N–H and O–H groups in total. The second kappa shape index (κ2) is 12.0. The van der Waals surface area contributed by atoms with Gasteiger partial charge < -0.3 is 33.2 Å². The van der Waals surface area contributed by atoms with Gasteiger partial charge in [-0.3, -0.25) is 19.9 Å². The van der Waals surface area contributed by atoms with Gasteiger partial charge in [-0.15, -0.1) is 11.8 Å². The number of aromatic hydroxyl groups is 1. The van der Waals surface area contributed by atoms with Crippen molar-refractivity contribution < 1.29 is 42.8 Å². The summed E-state index contributed by atoms with van der Waals surface area (Å²) in [6.07, 6.45) is 1.42. The molecule has 3 aromatic carbocycles. The second-order valence-electron chi connectivity index (χ2n) is 15.5. The summed E-state index contributed by atoms with van der Waals surface area (Å²) in [5, 5.41) is 16.3. The van der Waals surface area contributed by atoms with Crippen LogP contribution in [0.3, 0.4) is 0 Å². The van der Waals surface area contributed by atoms with Crippen molar-refractivity contribution in [3.8, 4) is 28.7 Å². The monoisotopic (exact) mass is 753 g/mol. The van der Waals surface area contributed by atoms with Gasteiger partial charge in [-0.05, 0) is 57.9 Å². The average molecular weight is 754 g/mol. The van der Waals surface area contributed by atoms with E-state index in [1.807, 2.05) is 38.1 Å². The number of piperazine rings is 1. The number of esters is 2. The molecule has 0 saturated carbocycles. The first kappa shape index (κ1) is 34.1. The maximum Gasteiger partial charge on any atom is 0.335 e. The van der Waals surface area contributed by atoms with E-state index in [9.17, 15) is 14.7 Å². The number of methoxy groups -OCH3 is 1. The van der Waals surface area contributed by atoms with Crippen molar-refractivity contribution >= 4 is 34.7 Å². The van der Waals surface area contributed by atoms with Gasteiger partial charge in [-0.25, -0.2) is 4.79 Å². The minimum atomic E-state index is -1.28. The van der Waals surface area contributed by atoms with E-state index in [1.54, 1.807) is 18.9 Å². The number of carbonyl (C=O) groups excluding carboxylic acids is 2. The first-order valence-corrected chi connectivity index (χ1v) is 19.7. The molecule has 282 valence electrons. The molecule has 0 radical (unpaired) electrons. The van der Waals surface area contributed by atoms with Gasteiger partial charge in [-0.1, -0.05) is 24.3 Å². The van der Waals surface area contributed by atoms with Crippen molar-refractivity contribution in [3.63, 3.8) is 0 Å². The number of ether oxygens (including phenoxy) is 5. The van der Waals surface area contributed by atoms with Crippen LogP contribution in [0.15, 0.2) is 34.7 Å². The number of carbonyl (C=O) groups is 2. The first-order chi connectivity index (χ1) is 26.1. The number of para-hydroxylation sites is 1. The van der Waals surface area contributed by atoms with Crippen molar-refractivity contribution in [3.05, 3.63) is 75.0 Å². The molecule has 13 heteroatoms. The summed E-state index contributed by atoms with van der Waals surface area (Å²) in [4.78, 5) is 32.6. The van der Waals surface area contributed by atoms with Crippen LogP contribution in [0.25, 0.3) is 11.0 Å². The number of furan rings is 1. The SMILES string of the molecule is COc1c(C)cc2c(c1O)[C@H]1[C@@H]3[C@@H]4SC[C@]5(NCCc6c5oc5ccccc65)C(=O)OCC(c5c6c(c(C)c(OC(C)=O)c54)OCO6)N3[C@@H](C)[C@H](C2)N1C. The van der Waals surface area contributed by atoms with Crippen LogP contribution >= 0.6 is 11.8 Å². The fraction of sp³-hybridized carbons (Fsp3) is 0.463. The third-order valence-electron chi connectivity index (χ3n) is 12.8. The number of rotatable bonds is 2. The van der Waals surface area contributed by atoms with Crippen LogP contribution in [-0.2, 0) is 32.7 Å². The number of nitrogens with one attached hydrogen (secondary N) is 1. The molecule has 12 nitrogen and oxygen atoms in total. The normalized spacial score (nSPS) is 29.6. The molecule has 4 aromatic rings. The Morgan fingerprint density at radius 2 is 1.89 bits per heavy atom. The van der Waals surface area contributed by atoms with E-state index in [4.69, 9.17) is 28.1 Å². The number of hydrogen-bond acceptors (Lipinski definition) is 13. The summed E-state index contributed by atoms with van der Waals surface area (Å²) in [7, 11) is 3.73. The lowest BCUT2D eigenvalue weighted by Crippen LogP contribution is -2.69. The molecule has 1 spiro atoms. The Labute approximate surface area is 317 Å². The fourth-order valence-electron chi connectivity index (χ4n) is 10.6. The first-order valence-electron chi connectivity index (χ1n) is 18.6. The number of phenols is 1. The molecular weight excluding hydrogens is 711 g/mol. The number of nitrogens with zero attached hydrogens (tertiary/aromatic N) is 2. The summed E-state index contributed by atoms with van der Waals surface area (Å²) < 4.78 is 37.5. The Hall–Kier alpha value is -4.43. The summed E-state index contributed by atoms with van der Waals surface area (Å²) in [6, 6.07) is 9.02. The Balaban J connectivity index is 1.24. The van der Waals surface area contributed by atoms with Crippen molar-refractivity contribution in [1.82, 2.24) is 15.1 Å². The number of hydrogen-bond donors (Lipinski definition) is 2. The third-order valence-corrected chi connectivity index (χ3v) is 14.3. The van der Waals surface area contributed by atoms with Gasteiger partial charge >= 0.3 is 11.9 Å². The quantitative estimate of drug-likeness (QED) is 0.197. The van der Waals surface area contributed by atoms with Crippen molar-refractivity contribution in [2.75, 3.05) is 39.9 Å². The van der Waals surface area contributed by atoms with E-state index >= 15 is 0 Å². The van der Waals surface area contributed by atoms with Gasteiger partial charge in [0.2, 0.25) is 6.79 Å². The van der Waals surface area contributed by atoms with Crippen LogP contribution in [-0.4, -0.2) is 84.8 Å². The Kier molecular flexibility index (Phi) is 7.60. The van der Waals surface area contributed by atoms with Gasteiger partial charge in [0.15, 0.2) is 28.5 Å². The van der Waals surface area contributed by atoms with Gasteiger partial charge in [0, 0.05) is 70.6 Å². The summed E-state index contributed by atoms with van der Waals surface area (Å²) >= 11 is 1.61. The summed E-state index contributed by atoms with van der Waals surface area (Å²) in [5.74, 6) is 2.15. The smallest absolute Gasteiger partial charge is 0.335 e. The highest BCUT2D eigenvalue weighted by Crippen LogP contribution is 2.64. The molecule has 7 atom stereocenters. The number of likely N-dealkylation sites (N-methyl/N-ethyl adjacent to an activating group) is 1. The van der Waals surface area contributed by atoms with Gasteiger partial charge in [0.1, 0.15) is 23.7 Å². The molecule has 8 heterocycles. The predicted molar refractivity (Wildman–Crippen MR) is 200 cm³/mol. The van der Waals surface area contributed by atoms with Crippen LogP contribution in [0.5, 0.6) is 28.7 Å². The topological polar surface area (TPSA) is 132 Å². The number of benzene rings is 3. The molecule has 0 aliphatic carbocycles. The zero-order valence-electron chi connectivity index (χ0n) is 31.1. The minimum absolute atomic E-state index is 0.000632. The Morgan fingerprint density at radius 1 is 1.09 bits per heavy atom. The number of fused-ring (bicyclic) bond motifs is 11. The minimum Gasteiger partial charge on any atom is -0.504 e. The average Bonchev–Trinajstić information content (AvgIpc) is 3.80. The highest BCUT2D eigenvalue weighted by atomic mass is 32.2. The van der Waals surface area contributed by atoms with Crippen LogP contribution in [0.2, 0.25) is 0 Å². The van der Waals surface area contributed by atoms with E-state index in [2.05, 4.69) is 35.2 Å². The molecule has 7 aliphatic rings. The third kappa shape index (κ3) is 4.43. The zero-order chi connectivity index (χ0) is 37.4. The molecule has 0 amide bonds. The van der Waals surface area contributed by atoms with E-state index in [0.717, 1.165) is 44.3 Å². The molecule has 1 unspecified atom stereocenters. The Bertz CT molecular complexity index is 2290. The van der Waals surface area contributed by atoms with Crippen LogP contribution < -0.4 is 24.3 Å². The molecule has 1 aromatic heterocycles. The van der Waals surface area contributed by atoms with E-state index in [1.165, 1.54) is 6.92 Å². The molecule has 11 rings (SSSR count). The number of phenolic OH excluding ortho intramolecular Hbond substituents is 1. The Morgan fingerprint density at radius 3 is 2.69 bits per heavy atom. The molecular formula is C41H43N3O9S. The molecule has 7 aliphatic heterocycles. The number of thioether (sulfide) groups is 1. The molecule has 4 bridgehead atoms. The maximum atomic E-state index is 14.8.